The molecule has 4 N–H and O–H groups in total. The lowest BCUT2D eigenvalue weighted by Gasteiger charge is -2.18. The van der Waals surface area contributed by atoms with Gasteiger partial charge in [0.25, 0.3) is 0 Å². The standard InChI is InChI=1S/C56H106N2O5/c1-3-5-7-9-11-13-15-17-19-20-21-22-23-24-25-26-27-29-31-33-35-40-44-50-55(60)63-52(46-41-37-34-32-30-28-18-16-14-12-10-8-6-4-2)47-42-38-36-39-43-49-54(59)58-53(56(61)62)48-45-51-57/h15,17,20-21,52-53H,3-14,16,18-19,22-51,57H2,1-2H3,(H,58,59)(H,61,62)/b17-15-,21-20-. The SMILES string of the molecule is CCCCCCC/C=C\C/C=C\CCCCCCCCCCCCCC(=O)OC(CCCCCCCCCCCCCCCC)CCCCCCCC(=O)NC(CCCN)C(=O)O. The topological polar surface area (TPSA) is 119 Å². The molecular weight excluding hydrogens is 781 g/mol. The Bertz CT molecular complexity index is 1040. The lowest BCUT2D eigenvalue weighted by Crippen LogP contribution is -2.40. The number of carbonyl (C=O) groups is 3. The molecule has 0 spiro atoms. The molecule has 0 fully saturated rings. The number of rotatable bonds is 51. The number of allylic oxidation sites excluding steroid dienone is 4. The quantitative estimate of drug-likeness (QED) is 0.0318. The number of carboxylic acid groups (broad SMARTS) is 1. The van der Waals surface area contributed by atoms with E-state index in [9.17, 15) is 19.5 Å². The highest BCUT2D eigenvalue weighted by Crippen LogP contribution is 2.20. The molecule has 0 aliphatic carbocycles. The molecule has 7 heteroatoms. The second-order valence-electron chi connectivity index (χ2n) is 19.0. The lowest BCUT2D eigenvalue weighted by atomic mass is 10.0. The molecule has 0 radical (unpaired) electrons. The van der Waals surface area contributed by atoms with Crippen molar-refractivity contribution >= 4 is 17.8 Å². The van der Waals surface area contributed by atoms with Crippen LogP contribution in [0.1, 0.15) is 296 Å². The van der Waals surface area contributed by atoms with Crippen LogP contribution in [0.4, 0.5) is 0 Å². The third-order valence-electron chi connectivity index (χ3n) is 12.8. The maximum Gasteiger partial charge on any atom is 0.326 e. The van der Waals surface area contributed by atoms with Crippen molar-refractivity contribution < 1.29 is 24.2 Å². The predicted molar refractivity (Wildman–Crippen MR) is 271 cm³/mol. The lowest BCUT2D eigenvalue weighted by molar-refractivity contribution is -0.150. The zero-order chi connectivity index (χ0) is 45.9. The molecule has 0 bridgehead atoms. The summed E-state index contributed by atoms with van der Waals surface area (Å²) in [5.74, 6) is -1.21. The van der Waals surface area contributed by atoms with Crippen LogP contribution in [0.25, 0.3) is 0 Å². The van der Waals surface area contributed by atoms with Gasteiger partial charge < -0.3 is 20.9 Å². The third kappa shape index (κ3) is 47.6. The molecule has 0 aliphatic rings. The Morgan fingerprint density at radius 1 is 0.460 bits per heavy atom. The van der Waals surface area contributed by atoms with Crippen molar-refractivity contribution in [1.82, 2.24) is 5.32 Å². The minimum absolute atomic E-state index is 0.0144. The number of unbranched alkanes of at least 4 members (excludes halogenated alkanes) is 33. The molecule has 0 aromatic rings. The number of carboxylic acids is 1. The van der Waals surface area contributed by atoms with E-state index in [2.05, 4.69) is 43.5 Å². The molecule has 370 valence electrons. The average Bonchev–Trinajstić information content (AvgIpc) is 3.27. The molecule has 1 amide bonds. The van der Waals surface area contributed by atoms with Crippen molar-refractivity contribution in [3.05, 3.63) is 24.3 Å². The van der Waals surface area contributed by atoms with Gasteiger partial charge in [0.1, 0.15) is 12.1 Å². The zero-order valence-electron chi connectivity index (χ0n) is 41.9. The highest BCUT2D eigenvalue weighted by atomic mass is 16.5. The fraction of sp³-hybridized carbons (Fsp3) is 0.875. The number of ether oxygens (including phenoxy) is 1. The molecule has 2 unspecified atom stereocenters. The van der Waals surface area contributed by atoms with E-state index in [0.29, 0.717) is 32.2 Å². The average molecular weight is 887 g/mol. The van der Waals surface area contributed by atoms with Crippen molar-refractivity contribution in [2.24, 2.45) is 5.73 Å². The molecule has 0 heterocycles. The fourth-order valence-corrected chi connectivity index (χ4v) is 8.60. The number of hydrogen-bond acceptors (Lipinski definition) is 5. The maximum atomic E-state index is 12.9. The zero-order valence-corrected chi connectivity index (χ0v) is 41.9. The number of esters is 1. The van der Waals surface area contributed by atoms with Gasteiger partial charge in [-0.25, -0.2) is 4.79 Å². The summed E-state index contributed by atoms with van der Waals surface area (Å²) in [6, 6.07) is -0.856. The Morgan fingerprint density at radius 2 is 0.825 bits per heavy atom. The number of nitrogens with two attached hydrogens (primary N) is 1. The monoisotopic (exact) mass is 887 g/mol. The van der Waals surface area contributed by atoms with E-state index in [1.165, 1.54) is 186 Å². The Morgan fingerprint density at radius 3 is 1.22 bits per heavy atom. The van der Waals surface area contributed by atoms with Crippen molar-refractivity contribution in [3.63, 3.8) is 0 Å². The highest BCUT2D eigenvalue weighted by molar-refractivity contribution is 5.83. The summed E-state index contributed by atoms with van der Waals surface area (Å²) in [5.41, 5.74) is 5.51. The van der Waals surface area contributed by atoms with Gasteiger partial charge >= 0.3 is 11.9 Å². The normalized spacial score (nSPS) is 12.7. The molecule has 0 aromatic carbocycles. The summed E-state index contributed by atoms with van der Waals surface area (Å²) in [7, 11) is 0. The Balaban J connectivity index is 4.19. The predicted octanol–water partition coefficient (Wildman–Crippen LogP) is 16.7. The molecule has 0 aliphatic heterocycles. The fourth-order valence-electron chi connectivity index (χ4n) is 8.60. The van der Waals surface area contributed by atoms with Crippen molar-refractivity contribution in [2.75, 3.05) is 6.54 Å². The van der Waals surface area contributed by atoms with Crippen LogP contribution in [-0.2, 0) is 19.1 Å². The summed E-state index contributed by atoms with van der Waals surface area (Å²) in [5, 5.41) is 12.0. The van der Waals surface area contributed by atoms with Crippen LogP contribution in [0, 0.1) is 0 Å². The molecule has 0 rings (SSSR count). The van der Waals surface area contributed by atoms with E-state index in [4.69, 9.17) is 10.5 Å². The minimum atomic E-state index is -1.00. The number of amides is 1. The second-order valence-corrected chi connectivity index (χ2v) is 19.0. The van der Waals surface area contributed by atoms with Crippen molar-refractivity contribution in [3.8, 4) is 0 Å². The minimum Gasteiger partial charge on any atom is -0.480 e. The molecule has 2 atom stereocenters. The van der Waals surface area contributed by atoms with Crippen LogP contribution in [-0.4, -0.2) is 41.6 Å². The van der Waals surface area contributed by atoms with E-state index in [0.717, 1.165) is 70.6 Å². The first kappa shape index (κ1) is 60.9. The summed E-state index contributed by atoms with van der Waals surface area (Å²) in [6.07, 6.45) is 61.0. The van der Waals surface area contributed by atoms with E-state index in [-0.39, 0.29) is 18.0 Å². The smallest absolute Gasteiger partial charge is 0.326 e. The van der Waals surface area contributed by atoms with Gasteiger partial charge in [-0.1, -0.05) is 224 Å². The van der Waals surface area contributed by atoms with Crippen LogP contribution in [0.3, 0.4) is 0 Å². The molecule has 0 aromatic heterocycles. The first-order valence-electron chi connectivity index (χ1n) is 27.7. The number of carbonyl (C=O) groups excluding carboxylic acids is 2. The van der Waals surface area contributed by atoms with E-state index in [1.807, 2.05) is 0 Å². The van der Waals surface area contributed by atoms with Crippen LogP contribution < -0.4 is 11.1 Å². The van der Waals surface area contributed by atoms with E-state index in [1.54, 1.807) is 0 Å². The number of nitrogens with one attached hydrogen (secondary N) is 1. The van der Waals surface area contributed by atoms with Gasteiger partial charge in [0, 0.05) is 12.8 Å². The van der Waals surface area contributed by atoms with Gasteiger partial charge in [0.05, 0.1) is 0 Å². The summed E-state index contributed by atoms with van der Waals surface area (Å²) in [4.78, 5) is 36.6. The van der Waals surface area contributed by atoms with E-state index < -0.39 is 12.0 Å². The third-order valence-corrected chi connectivity index (χ3v) is 12.8. The summed E-state index contributed by atoms with van der Waals surface area (Å²) in [6.45, 7) is 4.97. The van der Waals surface area contributed by atoms with Gasteiger partial charge in [-0.15, -0.1) is 0 Å². The van der Waals surface area contributed by atoms with Crippen LogP contribution >= 0.6 is 0 Å². The first-order chi connectivity index (χ1) is 30.9. The Kier molecular flexibility index (Phi) is 49.1. The van der Waals surface area contributed by atoms with Crippen LogP contribution in [0.2, 0.25) is 0 Å². The van der Waals surface area contributed by atoms with Gasteiger partial charge in [-0.2, -0.15) is 0 Å². The van der Waals surface area contributed by atoms with Crippen LogP contribution in [0.15, 0.2) is 24.3 Å². The summed E-state index contributed by atoms with van der Waals surface area (Å²) >= 11 is 0. The maximum absolute atomic E-state index is 12.9. The molecule has 0 saturated carbocycles. The first-order valence-corrected chi connectivity index (χ1v) is 27.7. The highest BCUT2D eigenvalue weighted by Gasteiger charge is 2.19. The second kappa shape index (κ2) is 50.8. The van der Waals surface area contributed by atoms with Crippen molar-refractivity contribution in [2.45, 2.75) is 309 Å². The summed E-state index contributed by atoms with van der Waals surface area (Å²) < 4.78 is 6.10. The van der Waals surface area contributed by atoms with Gasteiger partial charge in [-0.3, -0.25) is 9.59 Å². The number of hydrogen-bond donors (Lipinski definition) is 3. The van der Waals surface area contributed by atoms with Gasteiger partial charge in [0.15, 0.2) is 0 Å². The largest absolute Gasteiger partial charge is 0.480 e. The molecule has 0 saturated heterocycles. The molecule has 63 heavy (non-hydrogen) atoms. The Hall–Kier alpha value is -2.15. The van der Waals surface area contributed by atoms with Crippen LogP contribution in [0.5, 0.6) is 0 Å². The van der Waals surface area contributed by atoms with E-state index >= 15 is 0 Å². The molecule has 7 nitrogen and oxygen atoms in total. The van der Waals surface area contributed by atoms with Crippen molar-refractivity contribution in [1.29, 1.82) is 0 Å². The number of aliphatic carboxylic acids is 1. The molecular formula is C56H106N2O5. The van der Waals surface area contributed by atoms with Gasteiger partial charge in [-0.05, 0) is 90.0 Å². The Labute approximate surface area is 391 Å². The van der Waals surface area contributed by atoms with Gasteiger partial charge in [0.2, 0.25) is 5.91 Å².